The van der Waals surface area contributed by atoms with Gasteiger partial charge in [0.1, 0.15) is 0 Å². The van der Waals surface area contributed by atoms with Gasteiger partial charge in [-0.1, -0.05) is 0 Å². The molecule has 0 aromatic heterocycles. The first kappa shape index (κ1) is 22.0. The van der Waals surface area contributed by atoms with Crippen molar-refractivity contribution < 1.29 is 49.5 Å². The van der Waals surface area contributed by atoms with E-state index in [4.69, 9.17) is 0 Å². The van der Waals surface area contributed by atoms with E-state index in [1.54, 1.807) is 0 Å². The molecule has 0 spiro atoms. The molecule has 3 aromatic carbocycles. The minimum atomic E-state index is 0. The summed E-state index contributed by atoms with van der Waals surface area (Å²) in [5, 5.41) is 5.57. The van der Waals surface area contributed by atoms with Crippen LogP contribution in [0.3, 0.4) is 0 Å². The summed E-state index contributed by atoms with van der Waals surface area (Å²) in [5.74, 6) is 0. The zero-order valence-electron chi connectivity index (χ0n) is 15.8. The van der Waals surface area contributed by atoms with Gasteiger partial charge in [-0.2, -0.15) is 0 Å². The number of hydrogen-bond donors (Lipinski definition) is 0. The van der Waals surface area contributed by atoms with Gasteiger partial charge in [0.25, 0.3) is 0 Å². The maximum atomic E-state index is 2.40. The first-order chi connectivity index (χ1) is 13.3. The van der Waals surface area contributed by atoms with Gasteiger partial charge < -0.3 is 24.8 Å². The van der Waals surface area contributed by atoms with Crippen LogP contribution in [0.25, 0.3) is 14.9 Å². The van der Waals surface area contributed by atoms with Gasteiger partial charge in [0.05, 0.1) is 0 Å². The van der Waals surface area contributed by atoms with Gasteiger partial charge in [0, 0.05) is 0 Å². The van der Waals surface area contributed by atoms with Crippen molar-refractivity contribution in [3.05, 3.63) is 123 Å². The molecule has 0 unspecified atom stereocenters. The van der Waals surface area contributed by atoms with E-state index in [-0.39, 0.29) is 24.8 Å². The molecule has 0 nitrogen and oxygen atoms in total. The van der Waals surface area contributed by atoms with E-state index in [1.807, 2.05) is 0 Å². The summed E-state index contributed by atoms with van der Waals surface area (Å²) >= 11 is 1.49. The second-order valence-corrected chi connectivity index (χ2v) is 8.32. The fourth-order valence-corrected chi connectivity index (χ4v) is 5.34. The number of allylic oxidation sites excluding steroid dienone is 4. The zero-order valence-corrected chi connectivity index (χ0v) is 19.8. The monoisotopic (exact) mass is 491 g/mol. The van der Waals surface area contributed by atoms with Crippen molar-refractivity contribution in [3.8, 4) is 0 Å². The third kappa shape index (κ3) is 4.02. The molecule has 141 valence electrons. The summed E-state index contributed by atoms with van der Waals surface area (Å²) in [7, 11) is 0. The number of benzene rings is 3. The summed E-state index contributed by atoms with van der Waals surface area (Å²) in [4.78, 5) is 0. The van der Waals surface area contributed by atoms with Crippen molar-refractivity contribution in [3.63, 3.8) is 0 Å². The fourth-order valence-electron chi connectivity index (χ4n) is 4.16. The Balaban J connectivity index is 0.00000120. The standard InChI is InChI=1S/C26H19.2ClH.Zr/c1-2-8-19(9-3-1)14-15-21-16-17-24-23-13-7-6-12-22(23)18-25(24)26(21)20-10-4-5-11-20;;;/h1-10,12-13,15-17H,11,14H2;2*1H;/q;;;+2/p-2. The fraction of sp³-hybridized carbons (Fsp3) is 0.0769. The normalized spacial score (nSPS) is 14.1. The minimum absolute atomic E-state index is 0. The molecule has 3 aromatic rings. The van der Waals surface area contributed by atoms with E-state index in [0.717, 1.165) is 12.8 Å². The molecule has 0 amide bonds. The number of hydrogen-bond acceptors (Lipinski definition) is 0. The Kier molecular flexibility index (Phi) is 7.17. The Morgan fingerprint density at radius 2 is 1.48 bits per heavy atom. The van der Waals surface area contributed by atoms with Gasteiger partial charge in [-0.3, -0.25) is 0 Å². The Morgan fingerprint density at radius 3 is 2.21 bits per heavy atom. The zero-order chi connectivity index (χ0) is 18.2. The van der Waals surface area contributed by atoms with Crippen LogP contribution in [-0.2, 0) is 31.1 Å². The van der Waals surface area contributed by atoms with Crippen LogP contribution >= 0.6 is 0 Å². The van der Waals surface area contributed by atoms with Crippen LogP contribution in [0.2, 0.25) is 0 Å². The van der Waals surface area contributed by atoms with Crippen LogP contribution in [0, 0.1) is 10.4 Å². The number of rotatable bonds is 3. The third-order valence-corrected chi connectivity index (χ3v) is 6.74. The van der Waals surface area contributed by atoms with E-state index >= 15 is 0 Å². The van der Waals surface area contributed by atoms with Crippen LogP contribution in [-0.4, -0.2) is 0 Å². The molecule has 0 saturated heterocycles. The van der Waals surface area contributed by atoms with E-state index < -0.39 is 0 Å². The van der Waals surface area contributed by atoms with Crippen molar-refractivity contribution in [2.24, 2.45) is 0 Å². The van der Waals surface area contributed by atoms with Gasteiger partial charge in [-0.15, -0.1) is 0 Å². The van der Waals surface area contributed by atoms with E-state index in [2.05, 4.69) is 91.0 Å². The van der Waals surface area contributed by atoms with Gasteiger partial charge >= 0.3 is 175 Å². The Bertz CT molecular complexity index is 1320. The van der Waals surface area contributed by atoms with Crippen LogP contribution in [0.1, 0.15) is 23.1 Å². The molecule has 2 aliphatic rings. The van der Waals surface area contributed by atoms with Crippen LogP contribution in [0.15, 0.2) is 85.0 Å². The SMILES string of the molecule is [Cl-].[Cl-].[Zr+2][C]1=c2ccccc2=c2ccc(=CCc3ccccc3)c(C3=CC=CC3)c21. The van der Waals surface area contributed by atoms with E-state index in [9.17, 15) is 0 Å². The summed E-state index contributed by atoms with van der Waals surface area (Å²) < 4.78 is 1.49. The van der Waals surface area contributed by atoms with Gasteiger partial charge in [-0.25, -0.2) is 0 Å². The summed E-state index contributed by atoms with van der Waals surface area (Å²) in [6.07, 6.45) is 11.1. The van der Waals surface area contributed by atoms with Crippen molar-refractivity contribution in [2.45, 2.75) is 12.8 Å². The summed E-state index contributed by atoms with van der Waals surface area (Å²) in [6, 6.07) is 24.2. The molecule has 0 radical (unpaired) electrons. The molecular formula is C26H19Cl2Zr. The average molecular weight is 494 g/mol. The first-order valence-corrected chi connectivity index (χ1v) is 10.6. The van der Waals surface area contributed by atoms with Crippen LogP contribution in [0.4, 0.5) is 0 Å². The molecule has 0 atom stereocenters. The predicted molar refractivity (Wildman–Crippen MR) is 109 cm³/mol. The van der Waals surface area contributed by atoms with E-state index in [1.165, 1.54) is 71.1 Å². The van der Waals surface area contributed by atoms with Crippen molar-refractivity contribution in [2.75, 3.05) is 0 Å². The van der Waals surface area contributed by atoms with Crippen LogP contribution < -0.4 is 35.3 Å². The molecule has 0 fully saturated rings. The molecule has 0 bridgehead atoms. The van der Waals surface area contributed by atoms with Gasteiger partial charge in [0.2, 0.25) is 0 Å². The van der Waals surface area contributed by atoms with Crippen molar-refractivity contribution in [1.29, 1.82) is 0 Å². The second-order valence-electron chi connectivity index (χ2n) is 7.09. The molecular weight excluding hydrogens is 474 g/mol. The number of fused-ring (bicyclic) bond motifs is 2. The molecule has 0 aliphatic heterocycles. The van der Waals surface area contributed by atoms with Gasteiger partial charge in [0.15, 0.2) is 0 Å². The van der Waals surface area contributed by atoms with Crippen LogP contribution in [0.5, 0.6) is 0 Å². The molecule has 3 heteroatoms. The Labute approximate surface area is 198 Å². The molecule has 5 rings (SSSR count). The molecule has 0 N–H and O–H groups in total. The van der Waals surface area contributed by atoms with Gasteiger partial charge in [-0.05, 0) is 0 Å². The van der Waals surface area contributed by atoms with Crippen molar-refractivity contribution >= 4 is 14.9 Å². The van der Waals surface area contributed by atoms with E-state index in [0.29, 0.717) is 0 Å². The third-order valence-electron chi connectivity index (χ3n) is 5.47. The molecule has 29 heavy (non-hydrogen) atoms. The van der Waals surface area contributed by atoms with Crippen molar-refractivity contribution in [1.82, 2.24) is 0 Å². The topological polar surface area (TPSA) is 0 Å². The molecule has 0 heterocycles. The first-order valence-electron chi connectivity index (χ1n) is 9.42. The quantitative estimate of drug-likeness (QED) is 0.411. The summed E-state index contributed by atoms with van der Waals surface area (Å²) in [5.41, 5.74) is 5.71. The average Bonchev–Trinajstić information content (AvgIpc) is 3.35. The second kappa shape index (κ2) is 9.44. The molecule has 0 saturated carbocycles. The number of halogens is 2. The molecule has 2 aliphatic carbocycles. The maximum absolute atomic E-state index is 2.40. The predicted octanol–water partition coefficient (Wildman–Crippen LogP) is -1.64. The Hall–Kier alpha value is -1.66. The summed E-state index contributed by atoms with van der Waals surface area (Å²) in [6.45, 7) is 0. The Morgan fingerprint density at radius 1 is 0.759 bits per heavy atom.